The van der Waals surface area contributed by atoms with Crippen LogP contribution in [0.25, 0.3) is 0 Å². The number of aliphatic hydroxyl groups is 1. The second-order valence-corrected chi connectivity index (χ2v) is 9.00. The summed E-state index contributed by atoms with van der Waals surface area (Å²) in [6.07, 6.45) is 0. The Labute approximate surface area is 196 Å². The zero-order valence-electron chi connectivity index (χ0n) is 18.6. The lowest BCUT2D eigenvalue weighted by Crippen LogP contribution is -2.31. The number of ketones is 1. The number of phenolic OH excluding ortho intramolecular Hbond substituents is 1. The van der Waals surface area contributed by atoms with Crippen LogP contribution < -0.4 is 9.64 Å². The van der Waals surface area contributed by atoms with Gasteiger partial charge in [0.15, 0.2) is 17.3 Å². The van der Waals surface area contributed by atoms with Crippen molar-refractivity contribution < 1.29 is 24.5 Å². The van der Waals surface area contributed by atoms with E-state index in [0.29, 0.717) is 28.7 Å². The van der Waals surface area contributed by atoms with Crippen LogP contribution in [-0.4, -0.2) is 28.5 Å². The Morgan fingerprint density at radius 3 is 2.45 bits per heavy atom. The molecule has 2 N–H and O–H groups in total. The van der Waals surface area contributed by atoms with Crippen molar-refractivity contribution in [2.75, 3.05) is 11.5 Å². The van der Waals surface area contributed by atoms with Crippen LogP contribution in [0.4, 0.5) is 5.69 Å². The van der Waals surface area contributed by atoms with Crippen molar-refractivity contribution in [3.8, 4) is 11.5 Å². The lowest BCUT2D eigenvalue weighted by Gasteiger charge is -2.27. The van der Waals surface area contributed by atoms with Crippen LogP contribution in [0.2, 0.25) is 0 Å². The lowest BCUT2D eigenvalue weighted by molar-refractivity contribution is -0.117. The molecule has 3 aromatic rings. The van der Waals surface area contributed by atoms with E-state index in [0.717, 1.165) is 5.56 Å². The first kappa shape index (κ1) is 22.6. The summed E-state index contributed by atoms with van der Waals surface area (Å²) in [5, 5.41) is 22.8. The van der Waals surface area contributed by atoms with Gasteiger partial charge in [-0.1, -0.05) is 38.1 Å². The van der Waals surface area contributed by atoms with E-state index in [4.69, 9.17) is 4.74 Å². The van der Waals surface area contributed by atoms with Gasteiger partial charge in [-0.2, -0.15) is 0 Å². The van der Waals surface area contributed by atoms with E-state index in [-0.39, 0.29) is 17.1 Å². The number of phenols is 1. The van der Waals surface area contributed by atoms with E-state index in [1.54, 1.807) is 36.6 Å². The average molecular weight is 464 g/mol. The summed E-state index contributed by atoms with van der Waals surface area (Å²) in [6.45, 7) is 6.29. The fourth-order valence-corrected chi connectivity index (χ4v) is 4.63. The topological polar surface area (TPSA) is 87.1 Å². The quantitative estimate of drug-likeness (QED) is 0.435. The van der Waals surface area contributed by atoms with Gasteiger partial charge in [0, 0.05) is 5.69 Å². The number of carbonyl (C=O) groups is 2. The van der Waals surface area contributed by atoms with E-state index >= 15 is 0 Å². The lowest BCUT2D eigenvalue weighted by atomic mass is 9.94. The number of benzene rings is 2. The van der Waals surface area contributed by atoms with Gasteiger partial charge in [-0.25, -0.2) is 0 Å². The van der Waals surface area contributed by atoms with Crippen molar-refractivity contribution >= 4 is 28.7 Å². The molecule has 1 atom stereocenters. The summed E-state index contributed by atoms with van der Waals surface area (Å²) in [5.41, 5.74) is 2.21. The molecule has 0 saturated heterocycles. The SMILES string of the molecule is CCOc1cc(C2C(C(=O)c3cccs3)=C(O)C(=O)N2c2ccc(C(C)C)cc2)ccc1O. The van der Waals surface area contributed by atoms with Gasteiger partial charge in [0.25, 0.3) is 5.91 Å². The number of aromatic hydroxyl groups is 1. The molecule has 170 valence electrons. The summed E-state index contributed by atoms with van der Waals surface area (Å²) in [6, 6.07) is 14.7. The maximum Gasteiger partial charge on any atom is 0.294 e. The summed E-state index contributed by atoms with van der Waals surface area (Å²) in [7, 11) is 0. The van der Waals surface area contributed by atoms with Crippen LogP contribution in [0.5, 0.6) is 11.5 Å². The molecule has 0 aliphatic carbocycles. The Kier molecular flexibility index (Phi) is 6.24. The number of amides is 1. The van der Waals surface area contributed by atoms with Crippen molar-refractivity contribution in [1.29, 1.82) is 0 Å². The normalized spacial score (nSPS) is 16.1. The van der Waals surface area contributed by atoms with Gasteiger partial charge >= 0.3 is 0 Å². The highest BCUT2D eigenvalue weighted by atomic mass is 32.1. The second-order valence-electron chi connectivity index (χ2n) is 8.05. The standard InChI is InChI=1S/C26H25NO5S/c1-4-32-20-14-17(9-12-19(20)28)23-22(24(29)21-6-5-13-33-21)25(30)26(31)27(23)18-10-7-16(8-11-18)15(2)3/h5-15,23,28,30H,4H2,1-3H3. The van der Waals surface area contributed by atoms with E-state index in [1.807, 2.05) is 24.3 Å². The number of Topliss-reactive ketones (excluding diaryl/α,β-unsaturated/α-hetero) is 1. The van der Waals surface area contributed by atoms with Crippen molar-refractivity contribution in [3.63, 3.8) is 0 Å². The first-order valence-corrected chi connectivity index (χ1v) is 11.6. The van der Waals surface area contributed by atoms with Crippen LogP contribution in [0, 0.1) is 0 Å². The Morgan fingerprint density at radius 2 is 1.85 bits per heavy atom. The fraction of sp³-hybridized carbons (Fsp3) is 0.231. The number of anilines is 1. The zero-order chi connectivity index (χ0) is 23.7. The molecule has 1 unspecified atom stereocenters. The number of hydrogen-bond donors (Lipinski definition) is 2. The average Bonchev–Trinajstić information content (AvgIpc) is 3.43. The molecule has 7 heteroatoms. The van der Waals surface area contributed by atoms with Crippen LogP contribution in [-0.2, 0) is 4.79 Å². The van der Waals surface area contributed by atoms with Gasteiger partial charge in [0.05, 0.1) is 23.1 Å². The number of hydrogen-bond acceptors (Lipinski definition) is 6. The van der Waals surface area contributed by atoms with E-state index in [2.05, 4.69) is 13.8 Å². The van der Waals surface area contributed by atoms with E-state index in [1.165, 1.54) is 22.3 Å². The molecular weight excluding hydrogens is 438 g/mol. The summed E-state index contributed by atoms with van der Waals surface area (Å²) < 4.78 is 5.53. The first-order chi connectivity index (χ1) is 15.8. The third kappa shape index (κ3) is 4.12. The number of rotatable bonds is 7. The number of carbonyl (C=O) groups excluding carboxylic acids is 2. The number of ether oxygens (including phenoxy) is 1. The molecule has 6 nitrogen and oxygen atoms in total. The molecule has 0 radical (unpaired) electrons. The molecule has 1 aliphatic rings. The molecular formula is C26H25NO5S. The van der Waals surface area contributed by atoms with Crippen LogP contribution in [0.15, 0.2) is 71.3 Å². The van der Waals surface area contributed by atoms with Gasteiger partial charge < -0.3 is 14.9 Å². The number of thiophene rings is 1. The Balaban J connectivity index is 1.87. The molecule has 1 aliphatic heterocycles. The Hall–Kier alpha value is -3.58. The van der Waals surface area contributed by atoms with Gasteiger partial charge in [-0.3, -0.25) is 14.5 Å². The number of nitrogens with zero attached hydrogens (tertiary/aromatic N) is 1. The highest BCUT2D eigenvalue weighted by Crippen LogP contribution is 2.44. The third-order valence-corrected chi connectivity index (χ3v) is 6.50. The predicted octanol–water partition coefficient (Wildman–Crippen LogP) is 5.76. The summed E-state index contributed by atoms with van der Waals surface area (Å²) >= 11 is 1.24. The second kappa shape index (κ2) is 9.11. The highest BCUT2D eigenvalue weighted by Gasteiger charge is 2.45. The molecule has 2 heterocycles. The van der Waals surface area contributed by atoms with Crippen molar-refractivity contribution in [3.05, 3.63) is 87.3 Å². The molecule has 33 heavy (non-hydrogen) atoms. The monoisotopic (exact) mass is 463 g/mol. The molecule has 0 saturated carbocycles. The summed E-state index contributed by atoms with van der Waals surface area (Å²) in [4.78, 5) is 28.5. The Morgan fingerprint density at radius 1 is 1.12 bits per heavy atom. The molecule has 0 spiro atoms. The maximum atomic E-state index is 13.4. The van der Waals surface area contributed by atoms with Crippen molar-refractivity contribution in [2.24, 2.45) is 0 Å². The van der Waals surface area contributed by atoms with Crippen LogP contribution in [0.1, 0.15) is 53.5 Å². The Bertz CT molecular complexity index is 1210. The van der Waals surface area contributed by atoms with Gasteiger partial charge in [0.1, 0.15) is 0 Å². The minimum absolute atomic E-state index is 0.00326. The fourth-order valence-electron chi connectivity index (χ4n) is 3.95. The van der Waals surface area contributed by atoms with Crippen molar-refractivity contribution in [1.82, 2.24) is 0 Å². The minimum Gasteiger partial charge on any atom is -0.504 e. The van der Waals surface area contributed by atoms with Gasteiger partial charge in [0.2, 0.25) is 5.78 Å². The van der Waals surface area contributed by atoms with Crippen LogP contribution in [0.3, 0.4) is 0 Å². The minimum atomic E-state index is -0.878. The van der Waals surface area contributed by atoms with Gasteiger partial charge in [-0.05, 0) is 59.7 Å². The largest absolute Gasteiger partial charge is 0.504 e. The highest BCUT2D eigenvalue weighted by molar-refractivity contribution is 7.12. The van der Waals surface area contributed by atoms with E-state index < -0.39 is 23.5 Å². The maximum absolute atomic E-state index is 13.4. The molecule has 2 aromatic carbocycles. The molecule has 1 amide bonds. The molecule has 4 rings (SSSR count). The first-order valence-electron chi connectivity index (χ1n) is 10.7. The van der Waals surface area contributed by atoms with Crippen LogP contribution >= 0.6 is 11.3 Å². The third-order valence-electron chi connectivity index (χ3n) is 5.64. The molecule has 1 aromatic heterocycles. The molecule has 0 fully saturated rings. The van der Waals surface area contributed by atoms with E-state index in [9.17, 15) is 19.8 Å². The molecule has 0 bridgehead atoms. The van der Waals surface area contributed by atoms with Gasteiger partial charge in [-0.15, -0.1) is 11.3 Å². The zero-order valence-corrected chi connectivity index (χ0v) is 19.4. The number of aliphatic hydroxyl groups excluding tert-OH is 1. The summed E-state index contributed by atoms with van der Waals surface area (Å²) in [5.74, 6) is -1.12. The predicted molar refractivity (Wildman–Crippen MR) is 128 cm³/mol. The smallest absolute Gasteiger partial charge is 0.294 e. The van der Waals surface area contributed by atoms with Crippen molar-refractivity contribution in [2.45, 2.75) is 32.7 Å².